The summed E-state index contributed by atoms with van der Waals surface area (Å²) in [4.78, 5) is 25.8. The minimum absolute atomic E-state index is 0.0409. The summed E-state index contributed by atoms with van der Waals surface area (Å²) in [6.45, 7) is 7.92. The fraction of sp³-hybridized carbons (Fsp3) is 0.895. The van der Waals surface area contributed by atoms with E-state index in [1.54, 1.807) is 0 Å². The van der Waals surface area contributed by atoms with Crippen LogP contribution in [0.3, 0.4) is 0 Å². The summed E-state index contributed by atoms with van der Waals surface area (Å²) in [7, 11) is 0. The molecule has 0 aliphatic carbocycles. The Balaban J connectivity index is 2.52. The van der Waals surface area contributed by atoms with E-state index < -0.39 is 4.20 Å². The summed E-state index contributed by atoms with van der Waals surface area (Å²) in [5.41, 5.74) is 5.10. The van der Waals surface area contributed by atoms with E-state index >= 15 is 0 Å². The van der Waals surface area contributed by atoms with Gasteiger partial charge in [-0.25, -0.2) is 4.79 Å². The Labute approximate surface area is 179 Å². The molecule has 164 valence electrons. The number of nitrogens with two attached hydrogens (primary N) is 1. The summed E-state index contributed by atoms with van der Waals surface area (Å²) >= 11 is 9.40. The Hall–Kier alpha value is -0.480. The number of carbonyl (C=O) groups excluding carboxylic acids is 2. The molecule has 0 aromatic rings. The van der Waals surface area contributed by atoms with E-state index in [2.05, 4.69) is 4.90 Å². The van der Waals surface area contributed by atoms with E-state index in [1.807, 2.05) is 20.8 Å². The van der Waals surface area contributed by atoms with Gasteiger partial charge in [0.05, 0.1) is 0 Å². The molecule has 1 aliphatic rings. The molecule has 9 heteroatoms. The number of rotatable bonds is 12. The first-order valence-corrected chi connectivity index (χ1v) is 10.9. The SMILES string of the molecule is CCCOCC(=O)OC1CC(C)(C)N(CCOC(=O)CCCCN)C(S)(S)C1. The molecular formula is C19H36N2O5S2. The van der Waals surface area contributed by atoms with Crippen LogP contribution in [0.4, 0.5) is 0 Å². The van der Waals surface area contributed by atoms with E-state index in [0.29, 0.717) is 39.0 Å². The molecule has 0 radical (unpaired) electrons. The standard InChI is InChI=1S/C19H36N2O5S2/c1-4-10-24-14-17(23)26-15-12-18(2,3)21(19(27,28)13-15)9-11-25-16(22)7-5-6-8-20/h15,27-28H,4-14,20H2,1-3H3. The topological polar surface area (TPSA) is 91.1 Å². The molecule has 2 N–H and O–H groups in total. The first-order valence-electron chi connectivity index (χ1n) is 9.97. The van der Waals surface area contributed by atoms with Crippen LogP contribution in [0.25, 0.3) is 0 Å². The first-order chi connectivity index (χ1) is 13.1. The van der Waals surface area contributed by atoms with Gasteiger partial charge in [-0.3, -0.25) is 9.69 Å². The third kappa shape index (κ3) is 8.90. The van der Waals surface area contributed by atoms with Gasteiger partial charge in [0, 0.05) is 38.0 Å². The van der Waals surface area contributed by atoms with Crippen molar-refractivity contribution in [1.29, 1.82) is 0 Å². The normalized spacial score (nSPS) is 21.3. The Morgan fingerprint density at radius 3 is 2.46 bits per heavy atom. The largest absolute Gasteiger partial charge is 0.464 e. The predicted octanol–water partition coefficient (Wildman–Crippen LogP) is 2.38. The number of likely N-dealkylation sites (tertiary alicyclic amines) is 1. The van der Waals surface area contributed by atoms with Crippen molar-refractivity contribution in [3.05, 3.63) is 0 Å². The van der Waals surface area contributed by atoms with E-state index in [-0.39, 0.29) is 36.8 Å². The van der Waals surface area contributed by atoms with Gasteiger partial charge < -0.3 is 19.9 Å². The molecule has 1 heterocycles. The van der Waals surface area contributed by atoms with Crippen LogP contribution < -0.4 is 5.73 Å². The molecule has 0 amide bonds. The Morgan fingerprint density at radius 1 is 1.14 bits per heavy atom. The third-order valence-electron chi connectivity index (χ3n) is 4.67. The molecule has 0 bridgehead atoms. The maximum Gasteiger partial charge on any atom is 0.332 e. The molecule has 7 nitrogen and oxygen atoms in total. The number of esters is 2. The zero-order valence-electron chi connectivity index (χ0n) is 17.3. The highest BCUT2D eigenvalue weighted by atomic mass is 32.2. The second kappa shape index (κ2) is 12.3. The number of nitrogens with zero attached hydrogens (tertiary/aromatic N) is 1. The van der Waals surface area contributed by atoms with Gasteiger partial charge in [-0.05, 0) is 39.7 Å². The van der Waals surface area contributed by atoms with Gasteiger partial charge in [-0.15, -0.1) is 25.3 Å². The van der Waals surface area contributed by atoms with Gasteiger partial charge >= 0.3 is 11.9 Å². The molecular weight excluding hydrogens is 400 g/mol. The molecule has 1 rings (SSSR count). The highest BCUT2D eigenvalue weighted by molar-refractivity contribution is 8.00. The van der Waals surface area contributed by atoms with Gasteiger partial charge in [0.15, 0.2) is 0 Å². The number of hydrogen-bond donors (Lipinski definition) is 3. The molecule has 1 saturated heterocycles. The van der Waals surface area contributed by atoms with Crippen LogP contribution in [0.5, 0.6) is 0 Å². The van der Waals surface area contributed by atoms with Crippen molar-refractivity contribution in [3.8, 4) is 0 Å². The van der Waals surface area contributed by atoms with Gasteiger partial charge in [-0.2, -0.15) is 0 Å². The van der Waals surface area contributed by atoms with Crippen LogP contribution in [0.1, 0.15) is 59.3 Å². The number of carbonyl (C=O) groups is 2. The quantitative estimate of drug-likeness (QED) is 0.187. The second-order valence-electron chi connectivity index (χ2n) is 7.78. The zero-order chi connectivity index (χ0) is 21.2. The maximum atomic E-state index is 12.0. The van der Waals surface area contributed by atoms with Crippen LogP contribution >= 0.6 is 25.3 Å². The van der Waals surface area contributed by atoms with Crippen molar-refractivity contribution in [3.63, 3.8) is 0 Å². The molecule has 1 aliphatic heterocycles. The van der Waals surface area contributed by atoms with Crippen molar-refractivity contribution in [2.75, 3.05) is 32.9 Å². The zero-order valence-corrected chi connectivity index (χ0v) is 19.1. The van der Waals surface area contributed by atoms with Crippen molar-refractivity contribution in [2.45, 2.75) is 75.1 Å². The van der Waals surface area contributed by atoms with Crippen LogP contribution in [-0.4, -0.2) is 65.6 Å². The van der Waals surface area contributed by atoms with Crippen LogP contribution in [0.15, 0.2) is 0 Å². The predicted molar refractivity (Wildman–Crippen MR) is 116 cm³/mol. The molecule has 1 unspecified atom stereocenters. The van der Waals surface area contributed by atoms with E-state index in [0.717, 1.165) is 19.3 Å². The van der Waals surface area contributed by atoms with Crippen molar-refractivity contribution in [2.24, 2.45) is 5.73 Å². The molecule has 1 fully saturated rings. The summed E-state index contributed by atoms with van der Waals surface area (Å²) in [6.07, 6.45) is 3.60. The highest BCUT2D eigenvalue weighted by Crippen LogP contribution is 2.44. The summed E-state index contributed by atoms with van der Waals surface area (Å²) < 4.78 is 15.4. The Bertz CT molecular complexity index is 485. The fourth-order valence-electron chi connectivity index (χ4n) is 3.46. The van der Waals surface area contributed by atoms with Crippen LogP contribution in [0, 0.1) is 0 Å². The number of unbranched alkanes of at least 4 members (excludes halogenated alkanes) is 1. The average molecular weight is 437 g/mol. The Morgan fingerprint density at radius 2 is 1.86 bits per heavy atom. The van der Waals surface area contributed by atoms with E-state index in [9.17, 15) is 9.59 Å². The average Bonchev–Trinajstić information content (AvgIpc) is 2.57. The third-order valence-corrected chi connectivity index (χ3v) is 5.52. The van der Waals surface area contributed by atoms with Gasteiger partial charge in [0.2, 0.25) is 0 Å². The van der Waals surface area contributed by atoms with Gasteiger partial charge in [0.1, 0.15) is 23.5 Å². The molecule has 1 atom stereocenters. The number of hydrogen-bond acceptors (Lipinski definition) is 9. The summed E-state index contributed by atoms with van der Waals surface area (Å²) in [5, 5.41) is 0. The highest BCUT2D eigenvalue weighted by Gasteiger charge is 2.47. The fourth-order valence-corrected chi connectivity index (χ4v) is 4.61. The molecule has 0 spiro atoms. The maximum absolute atomic E-state index is 12.0. The smallest absolute Gasteiger partial charge is 0.332 e. The van der Waals surface area contributed by atoms with Crippen LogP contribution in [0.2, 0.25) is 0 Å². The van der Waals surface area contributed by atoms with Crippen LogP contribution in [-0.2, 0) is 23.8 Å². The summed E-state index contributed by atoms with van der Waals surface area (Å²) in [5.74, 6) is -0.586. The number of thiol groups is 2. The first kappa shape index (κ1) is 25.6. The minimum atomic E-state index is -0.789. The molecule has 0 aromatic heterocycles. The monoisotopic (exact) mass is 436 g/mol. The van der Waals surface area contributed by atoms with Crippen molar-refractivity contribution >= 4 is 37.2 Å². The van der Waals surface area contributed by atoms with E-state index in [4.69, 9.17) is 45.2 Å². The van der Waals surface area contributed by atoms with Crippen molar-refractivity contribution < 1.29 is 23.8 Å². The van der Waals surface area contributed by atoms with Gasteiger partial charge in [0.25, 0.3) is 0 Å². The number of piperidine rings is 1. The molecule has 0 saturated carbocycles. The lowest BCUT2D eigenvalue weighted by Crippen LogP contribution is -2.61. The molecule has 0 aromatic carbocycles. The van der Waals surface area contributed by atoms with Crippen molar-refractivity contribution in [1.82, 2.24) is 4.90 Å². The lowest BCUT2D eigenvalue weighted by molar-refractivity contribution is -0.161. The number of ether oxygens (including phenoxy) is 3. The lowest BCUT2D eigenvalue weighted by atomic mass is 9.88. The minimum Gasteiger partial charge on any atom is -0.464 e. The van der Waals surface area contributed by atoms with Gasteiger partial charge in [-0.1, -0.05) is 6.92 Å². The molecule has 28 heavy (non-hydrogen) atoms. The van der Waals surface area contributed by atoms with E-state index in [1.165, 1.54) is 0 Å². The summed E-state index contributed by atoms with van der Waals surface area (Å²) in [6, 6.07) is 0. The Kier molecular flexibility index (Phi) is 11.2. The second-order valence-corrected chi connectivity index (χ2v) is 9.61. The lowest BCUT2D eigenvalue weighted by Gasteiger charge is -2.53.